The van der Waals surface area contributed by atoms with Gasteiger partial charge in [0.1, 0.15) is 15.6 Å². The SMILES string of the molecule is CC(C)(C(F)F)C(F)F.CC(C)=O.CCC.COC.CS(C)(=O)=O. The number of rotatable bonds is 2. The van der Waals surface area contributed by atoms with Crippen LogP contribution in [0.3, 0.4) is 0 Å². The second-order valence-electron chi connectivity index (χ2n) is 5.59. The average molecular weight is 386 g/mol. The fourth-order valence-electron chi connectivity index (χ4n) is 0.0952. The summed E-state index contributed by atoms with van der Waals surface area (Å²) in [6, 6.07) is 0. The van der Waals surface area contributed by atoms with Crippen molar-refractivity contribution < 1.29 is 35.5 Å². The van der Waals surface area contributed by atoms with Gasteiger partial charge in [-0.3, -0.25) is 0 Å². The molecular formula is C15H34F4O4S. The second kappa shape index (κ2) is 20.3. The summed E-state index contributed by atoms with van der Waals surface area (Å²) in [5.41, 5.74) is -2.17. The minimum Gasteiger partial charge on any atom is -0.388 e. The number of hydrogen-bond acceptors (Lipinski definition) is 4. The Hall–Kier alpha value is -0.700. The van der Waals surface area contributed by atoms with Gasteiger partial charge in [0, 0.05) is 26.7 Å². The van der Waals surface area contributed by atoms with Crippen molar-refractivity contribution in [2.45, 2.75) is 60.8 Å². The van der Waals surface area contributed by atoms with E-state index in [1.165, 1.54) is 20.3 Å². The van der Waals surface area contributed by atoms with Crippen LogP contribution in [0.2, 0.25) is 0 Å². The maximum atomic E-state index is 11.6. The van der Waals surface area contributed by atoms with Crippen molar-refractivity contribution in [1.82, 2.24) is 0 Å². The molecule has 0 aliphatic carbocycles. The highest BCUT2D eigenvalue weighted by Gasteiger charge is 2.38. The summed E-state index contributed by atoms with van der Waals surface area (Å²) < 4.78 is 69.8. The average Bonchev–Trinajstić information content (AvgIpc) is 2.27. The fraction of sp³-hybridized carbons (Fsp3) is 0.933. The van der Waals surface area contributed by atoms with Crippen molar-refractivity contribution in [1.29, 1.82) is 0 Å². The lowest BCUT2D eigenvalue weighted by Crippen LogP contribution is -2.29. The lowest BCUT2D eigenvalue weighted by Gasteiger charge is -2.21. The summed E-state index contributed by atoms with van der Waals surface area (Å²) in [5, 5.41) is 0. The van der Waals surface area contributed by atoms with Crippen molar-refractivity contribution in [2.75, 3.05) is 26.7 Å². The molecule has 0 saturated heterocycles. The Morgan fingerprint density at radius 2 is 1.04 bits per heavy atom. The van der Waals surface area contributed by atoms with E-state index in [0.717, 1.165) is 26.4 Å². The summed E-state index contributed by atoms with van der Waals surface area (Å²) in [6.07, 6.45) is -2.35. The van der Waals surface area contributed by atoms with Gasteiger partial charge in [0.25, 0.3) is 0 Å². The van der Waals surface area contributed by atoms with Gasteiger partial charge in [-0.1, -0.05) is 20.3 Å². The fourth-order valence-corrected chi connectivity index (χ4v) is 0.0952. The molecule has 0 radical (unpaired) electrons. The van der Waals surface area contributed by atoms with Crippen molar-refractivity contribution in [3.05, 3.63) is 0 Å². The van der Waals surface area contributed by atoms with Crippen molar-refractivity contribution >= 4 is 15.6 Å². The molecule has 0 heterocycles. The molecule has 9 heteroatoms. The number of halogens is 4. The largest absolute Gasteiger partial charge is 0.388 e. The molecule has 0 atom stereocenters. The zero-order chi connectivity index (χ0) is 21.1. The van der Waals surface area contributed by atoms with Crippen LogP contribution in [-0.2, 0) is 19.4 Å². The molecule has 152 valence electrons. The van der Waals surface area contributed by atoms with Gasteiger partial charge < -0.3 is 9.53 Å². The van der Waals surface area contributed by atoms with E-state index < -0.39 is 28.1 Å². The normalized spacial score (nSPS) is 10.0. The number of hydrogen-bond donors (Lipinski definition) is 0. The van der Waals surface area contributed by atoms with E-state index >= 15 is 0 Å². The van der Waals surface area contributed by atoms with Crippen LogP contribution < -0.4 is 0 Å². The van der Waals surface area contributed by atoms with Gasteiger partial charge in [-0.25, -0.2) is 26.0 Å². The first-order valence-electron chi connectivity index (χ1n) is 7.03. The highest BCUT2D eigenvalue weighted by Crippen LogP contribution is 2.31. The molecule has 0 N–H and O–H groups in total. The first-order valence-corrected chi connectivity index (χ1v) is 9.33. The van der Waals surface area contributed by atoms with Gasteiger partial charge in [0.15, 0.2) is 0 Å². The van der Waals surface area contributed by atoms with Crippen LogP contribution in [0, 0.1) is 5.41 Å². The van der Waals surface area contributed by atoms with Gasteiger partial charge in [0.05, 0.1) is 5.41 Å². The molecule has 24 heavy (non-hydrogen) atoms. The molecule has 0 amide bonds. The number of alkyl halides is 4. The molecule has 0 spiro atoms. The molecule has 0 fully saturated rings. The first-order chi connectivity index (χ1) is 10.4. The zero-order valence-corrected chi connectivity index (χ0v) is 17.2. The Morgan fingerprint density at radius 1 is 0.958 bits per heavy atom. The van der Waals surface area contributed by atoms with E-state index in [9.17, 15) is 30.8 Å². The quantitative estimate of drug-likeness (QED) is 0.657. The molecule has 0 unspecified atom stereocenters. The van der Waals surface area contributed by atoms with E-state index in [1.54, 1.807) is 14.2 Å². The standard InChI is InChI=1S/C5H8F4.C3H6O.C3H8.C2H6O2S.C2H6O/c1-5(2,3(6)7)4(8)9;1-3(2)4;1-3-2;1-5(2,3)4;1-3-2/h3-4H,1-2H3;1-2H3;3H2,1-2H3;1-2H3;1-2H3. The smallest absolute Gasteiger partial charge is 0.249 e. The molecule has 0 aromatic heterocycles. The topological polar surface area (TPSA) is 60.4 Å². The number of methoxy groups -OCH3 is 1. The summed E-state index contributed by atoms with van der Waals surface area (Å²) >= 11 is 0. The Labute approximate surface area is 144 Å². The van der Waals surface area contributed by atoms with Gasteiger partial charge in [0.2, 0.25) is 12.9 Å². The molecule has 0 aliphatic rings. The number of Topliss-reactive ketones (excluding diaryl/α,β-unsaturated/α-hetero) is 1. The Balaban J connectivity index is -0.0000000687. The monoisotopic (exact) mass is 386 g/mol. The van der Waals surface area contributed by atoms with Gasteiger partial charge in [-0.15, -0.1) is 0 Å². The van der Waals surface area contributed by atoms with E-state index in [2.05, 4.69) is 18.6 Å². The number of sulfone groups is 1. The summed E-state index contributed by atoms with van der Waals surface area (Å²) in [6.45, 7) is 8.98. The summed E-state index contributed by atoms with van der Waals surface area (Å²) in [4.78, 5) is 9.44. The minimum absolute atomic E-state index is 0.167. The molecule has 0 rings (SSSR count). The second-order valence-corrected chi connectivity index (χ2v) is 7.88. The summed E-state index contributed by atoms with van der Waals surface area (Å²) in [5.74, 6) is 0.167. The van der Waals surface area contributed by atoms with Crippen LogP contribution >= 0.6 is 0 Å². The third-order valence-corrected chi connectivity index (χ3v) is 1.12. The number of ketones is 1. The van der Waals surface area contributed by atoms with E-state index in [-0.39, 0.29) is 5.78 Å². The zero-order valence-electron chi connectivity index (χ0n) is 16.4. The number of carbonyl (C=O) groups excluding carboxylic acids is 1. The molecule has 0 aromatic rings. The number of carbonyl (C=O) groups is 1. The van der Waals surface area contributed by atoms with Crippen molar-refractivity contribution in [3.63, 3.8) is 0 Å². The Bertz CT molecular complexity index is 332. The molecular weight excluding hydrogens is 352 g/mol. The molecule has 0 aromatic carbocycles. The van der Waals surface area contributed by atoms with Crippen LogP contribution in [0.25, 0.3) is 0 Å². The predicted molar refractivity (Wildman–Crippen MR) is 91.8 cm³/mol. The van der Waals surface area contributed by atoms with E-state index in [1.807, 2.05) is 0 Å². The lowest BCUT2D eigenvalue weighted by molar-refractivity contribution is -0.115. The molecule has 4 nitrogen and oxygen atoms in total. The Kier molecular flexibility index (Phi) is 29.3. The van der Waals surface area contributed by atoms with Crippen LogP contribution in [-0.4, -0.2) is 53.8 Å². The van der Waals surface area contributed by atoms with Crippen LogP contribution in [0.15, 0.2) is 0 Å². The minimum atomic E-state index is -2.96. The van der Waals surface area contributed by atoms with E-state index in [0.29, 0.717) is 0 Å². The van der Waals surface area contributed by atoms with Crippen LogP contribution in [0.5, 0.6) is 0 Å². The molecule has 0 bridgehead atoms. The summed E-state index contributed by atoms with van der Waals surface area (Å²) in [7, 11) is 0.583. The van der Waals surface area contributed by atoms with Crippen LogP contribution in [0.4, 0.5) is 17.6 Å². The first kappa shape index (κ1) is 34.6. The lowest BCUT2D eigenvalue weighted by atomic mass is 9.95. The van der Waals surface area contributed by atoms with Gasteiger partial charge in [-0.2, -0.15) is 0 Å². The number of ether oxygens (including phenoxy) is 1. The highest BCUT2D eigenvalue weighted by atomic mass is 32.2. The van der Waals surface area contributed by atoms with Crippen molar-refractivity contribution in [2.24, 2.45) is 5.41 Å². The maximum absolute atomic E-state index is 11.6. The molecule has 0 saturated carbocycles. The van der Waals surface area contributed by atoms with Crippen molar-refractivity contribution in [3.8, 4) is 0 Å². The maximum Gasteiger partial charge on any atom is 0.249 e. The molecule has 0 aliphatic heterocycles. The van der Waals surface area contributed by atoms with Crippen LogP contribution in [0.1, 0.15) is 48.0 Å². The third kappa shape index (κ3) is 68.7. The van der Waals surface area contributed by atoms with Gasteiger partial charge in [-0.05, 0) is 27.7 Å². The van der Waals surface area contributed by atoms with E-state index in [4.69, 9.17) is 0 Å². The third-order valence-electron chi connectivity index (χ3n) is 1.12. The predicted octanol–water partition coefficient (Wildman–Crippen LogP) is 4.48. The van der Waals surface area contributed by atoms with Gasteiger partial charge >= 0.3 is 0 Å². The highest BCUT2D eigenvalue weighted by molar-refractivity contribution is 7.89. The Morgan fingerprint density at radius 3 is 1.04 bits per heavy atom.